The van der Waals surface area contributed by atoms with E-state index in [9.17, 15) is 4.79 Å². The third kappa shape index (κ3) is 5.23. The van der Waals surface area contributed by atoms with Gasteiger partial charge in [0.2, 0.25) is 5.91 Å². The minimum Gasteiger partial charge on any atom is -0.326 e. The molecule has 0 fully saturated rings. The van der Waals surface area contributed by atoms with E-state index in [0.29, 0.717) is 6.42 Å². The van der Waals surface area contributed by atoms with E-state index >= 15 is 0 Å². The van der Waals surface area contributed by atoms with E-state index in [1.54, 1.807) is 12.2 Å². The molecule has 2 nitrogen and oxygen atoms in total. The maximum absolute atomic E-state index is 11.4. The van der Waals surface area contributed by atoms with Crippen molar-refractivity contribution in [3.63, 3.8) is 0 Å². The Morgan fingerprint density at radius 3 is 2.73 bits per heavy atom. The largest absolute Gasteiger partial charge is 0.326 e. The molecule has 0 radical (unpaired) electrons. The number of anilines is 1. The quantitative estimate of drug-likeness (QED) is 0.617. The molecule has 0 aliphatic heterocycles. The summed E-state index contributed by atoms with van der Waals surface area (Å²) in [4.78, 5) is 11.4. The molecular weight excluding hydrogens is 210 g/mol. The molecule has 0 spiro atoms. The summed E-state index contributed by atoms with van der Waals surface area (Å²) in [5, 5.41) is 2.75. The fourth-order valence-electron chi connectivity index (χ4n) is 1.10. The smallest absolute Gasteiger partial charge is 0.228 e. The zero-order valence-corrected chi connectivity index (χ0v) is 9.37. The van der Waals surface area contributed by atoms with E-state index in [4.69, 9.17) is 11.6 Å². The first-order valence-corrected chi connectivity index (χ1v) is 5.28. The molecule has 1 aromatic carbocycles. The second kappa shape index (κ2) is 6.25. The van der Waals surface area contributed by atoms with Crippen LogP contribution in [-0.2, 0) is 4.79 Å². The van der Waals surface area contributed by atoms with Crippen molar-refractivity contribution in [2.24, 2.45) is 0 Å². The normalized spacial score (nSPS) is 12.7. The number of halogens is 1. The molecule has 0 saturated heterocycles. The van der Waals surface area contributed by atoms with Crippen molar-refractivity contribution in [3.8, 4) is 0 Å². The molecule has 0 bridgehead atoms. The predicted octanol–water partition coefficient (Wildman–Crippen LogP) is 3.20. The summed E-state index contributed by atoms with van der Waals surface area (Å²) in [5.74, 6) is -0.0326. The molecule has 0 heterocycles. The molecule has 1 atom stereocenters. The van der Waals surface area contributed by atoms with Crippen LogP contribution in [-0.4, -0.2) is 11.3 Å². The van der Waals surface area contributed by atoms with Crippen LogP contribution in [0, 0.1) is 0 Å². The molecule has 1 N–H and O–H groups in total. The summed E-state index contributed by atoms with van der Waals surface area (Å²) < 4.78 is 0. The van der Waals surface area contributed by atoms with E-state index in [0.717, 1.165) is 5.69 Å². The number of carbonyl (C=O) groups excluding carboxylic acids is 1. The maximum atomic E-state index is 11.4. The molecule has 0 aliphatic carbocycles. The Labute approximate surface area is 94.9 Å². The molecule has 3 heteroatoms. The van der Waals surface area contributed by atoms with Crippen LogP contribution < -0.4 is 5.32 Å². The fraction of sp³-hybridized carbons (Fsp3) is 0.250. The molecule has 0 aromatic heterocycles. The van der Waals surface area contributed by atoms with E-state index in [1.165, 1.54) is 0 Å². The molecule has 15 heavy (non-hydrogen) atoms. The van der Waals surface area contributed by atoms with E-state index in [2.05, 4.69) is 5.32 Å². The number of benzene rings is 1. The van der Waals surface area contributed by atoms with Gasteiger partial charge in [-0.3, -0.25) is 4.79 Å². The van der Waals surface area contributed by atoms with E-state index in [-0.39, 0.29) is 11.3 Å². The average Bonchev–Trinajstić information content (AvgIpc) is 2.18. The number of rotatable bonds is 4. The van der Waals surface area contributed by atoms with Crippen molar-refractivity contribution in [1.82, 2.24) is 0 Å². The first-order chi connectivity index (χ1) is 7.18. The molecule has 1 unspecified atom stereocenters. The van der Waals surface area contributed by atoms with Gasteiger partial charge in [0.05, 0.1) is 0 Å². The average molecular weight is 224 g/mol. The Kier molecular flexibility index (Phi) is 4.91. The summed E-state index contributed by atoms with van der Waals surface area (Å²) in [6, 6.07) is 9.38. The molecule has 1 aromatic rings. The lowest BCUT2D eigenvalue weighted by Gasteiger charge is -2.02. The highest BCUT2D eigenvalue weighted by Gasteiger charge is 1.98. The van der Waals surface area contributed by atoms with E-state index < -0.39 is 0 Å². The molecule has 1 rings (SSSR count). The molecular formula is C12H14ClNO. The highest BCUT2D eigenvalue weighted by Crippen LogP contribution is 2.05. The Bertz CT molecular complexity index is 333. The van der Waals surface area contributed by atoms with Gasteiger partial charge in [-0.15, -0.1) is 11.6 Å². The Morgan fingerprint density at radius 2 is 2.13 bits per heavy atom. The van der Waals surface area contributed by atoms with Crippen molar-refractivity contribution >= 4 is 23.2 Å². The van der Waals surface area contributed by atoms with Crippen LogP contribution in [0.5, 0.6) is 0 Å². The van der Waals surface area contributed by atoms with Crippen LogP contribution in [0.25, 0.3) is 0 Å². The Balaban J connectivity index is 2.37. The second-order valence-corrected chi connectivity index (χ2v) is 3.91. The lowest BCUT2D eigenvalue weighted by Crippen LogP contribution is -2.09. The zero-order chi connectivity index (χ0) is 11.1. The Morgan fingerprint density at radius 1 is 1.47 bits per heavy atom. The van der Waals surface area contributed by atoms with Gasteiger partial charge >= 0.3 is 0 Å². The third-order valence-corrected chi connectivity index (χ3v) is 1.91. The number of para-hydroxylation sites is 1. The summed E-state index contributed by atoms with van der Waals surface area (Å²) in [7, 11) is 0. The van der Waals surface area contributed by atoms with Crippen molar-refractivity contribution in [2.45, 2.75) is 18.7 Å². The van der Waals surface area contributed by atoms with Crippen LogP contribution in [0.15, 0.2) is 42.5 Å². The second-order valence-electron chi connectivity index (χ2n) is 3.22. The number of alkyl halides is 1. The zero-order valence-electron chi connectivity index (χ0n) is 8.61. The maximum Gasteiger partial charge on any atom is 0.228 e. The lowest BCUT2D eigenvalue weighted by molar-refractivity contribution is -0.115. The van der Waals surface area contributed by atoms with Crippen LogP contribution in [0.2, 0.25) is 0 Å². The summed E-state index contributed by atoms with van der Waals surface area (Å²) in [6.45, 7) is 1.85. The summed E-state index contributed by atoms with van der Waals surface area (Å²) in [6.07, 6.45) is 3.92. The number of carbonyl (C=O) groups is 1. The van der Waals surface area contributed by atoms with Crippen molar-refractivity contribution in [1.29, 1.82) is 0 Å². The van der Waals surface area contributed by atoms with Crippen molar-refractivity contribution < 1.29 is 4.79 Å². The Hall–Kier alpha value is -1.28. The minimum atomic E-state index is -0.0328. The SMILES string of the molecule is CC(Cl)C=CCC(=O)Nc1ccccc1. The lowest BCUT2D eigenvalue weighted by atomic mass is 10.3. The first kappa shape index (κ1) is 11.8. The monoisotopic (exact) mass is 223 g/mol. The van der Waals surface area contributed by atoms with Gasteiger partial charge in [0.15, 0.2) is 0 Å². The molecule has 80 valence electrons. The first-order valence-electron chi connectivity index (χ1n) is 4.84. The van der Waals surface area contributed by atoms with Gasteiger partial charge in [-0.2, -0.15) is 0 Å². The standard InChI is InChI=1S/C12H14ClNO/c1-10(13)6-5-9-12(15)14-11-7-3-2-4-8-11/h2-8,10H,9H2,1H3,(H,14,15). The van der Waals surface area contributed by atoms with Gasteiger partial charge in [0.1, 0.15) is 0 Å². The fourth-order valence-corrected chi connectivity index (χ4v) is 1.20. The van der Waals surface area contributed by atoms with Gasteiger partial charge in [-0.25, -0.2) is 0 Å². The summed E-state index contributed by atoms with van der Waals surface area (Å²) >= 11 is 5.70. The highest BCUT2D eigenvalue weighted by atomic mass is 35.5. The van der Waals surface area contributed by atoms with Gasteiger partial charge in [0, 0.05) is 17.5 Å². The number of hydrogen-bond acceptors (Lipinski definition) is 1. The van der Waals surface area contributed by atoms with E-state index in [1.807, 2.05) is 37.3 Å². The number of amides is 1. The predicted molar refractivity (Wildman–Crippen MR) is 64.1 cm³/mol. The van der Waals surface area contributed by atoms with Gasteiger partial charge < -0.3 is 5.32 Å². The van der Waals surface area contributed by atoms with Gasteiger partial charge in [-0.1, -0.05) is 30.4 Å². The molecule has 0 saturated carbocycles. The van der Waals surface area contributed by atoms with Gasteiger partial charge in [-0.05, 0) is 19.1 Å². The van der Waals surface area contributed by atoms with Crippen molar-refractivity contribution in [2.75, 3.05) is 5.32 Å². The number of hydrogen-bond donors (Lipinski definition) is 1. The molecule has 0 aliphatic rings. The van der Waals surface area contributed by atoms with Crippen molar-refractivity contribution in [3.05, 3.63) is 42.5 Å². The number of nitrogens with one attached hydrogen (secondary N) is 1. The minimum absolute atomic E-state index is 0.0326. The van der Waals surface area contributed by atoms with Crippen LogP contribution in [0.1, 0.15) is 13.3 Å². The third-order valence-electron chi connectivity index (χ3n) is 1.76. The number of allylic oxidation sites excluding steroid dienone is 1. The highest BCUT2D eigenvalue weighted by molar-refractivity contribution is 6.21. The van der Waals surface area contributed by atoms with Crippen LogP contribution in [0.3, 0.4) is 0 Å². The topological polar surface area (TPSA) is 29.1 Å². The summed E-state index contributed by atoms with van der Waals surface area (Å²) in [5.41, 5.74) is 0.815. The van der Waals surface area contributed by atoms with Gasteiger partial charge in [0.25, 0.3) is 0 Å². The van der Waals surface area contributed by atoms with Crippen LogP contribution >= 0.6 is 11.6 Å². The van der Waals surface area contributed by atoms with Crippen LogP contribution in [0.4, 0.5) is 5.69 Å². The molecule has 1 amide bonds.